The third-order valence-electron chi connectivity index (χ3n) is 4.23. The second-order valence-electron chi connectivity index (χ2n) is 6.78. The molecule has 0 aliphatic carbocycles. The van der Waals surface area contributed by atoms with Crippen LogP contribution in [0.25, 0.3) is 0 Å². The van der Waals surface area contributed by atoms with Crippen molar-refractivity contribution in [3.8, 4) is 0 Å². The highest BCUT2D eigenvalue weighted by Crippen LogP contribution is 2.39. The van der Waals surface area contributed by atoms with E-state index < -0.39 is 17.5 Å². The molecule has 1 heterocycles. The molecule has 1 atom stereocenters. The van der Waals surface area contributed by atoms with Crippen molar-refractivity contribution in [2.24, 2.45) is 5.41 Å². The molecule has 0 amide bonds. The Morgan fingerprint density at radius 1 is 1.25 bits per heavy atom. The lowest BCUT2D eigenvalue weighted by atomic mass is 9.73. The Morgan fingerprint density at radius 2 is 1.85 bits per heavy atom. The van der Waals surface area contributed by atoms with Crippen molar-refractivity contribution in [2.45, 2.75) is 78.6 Å². The van der Waals surface area contributed by atoms with E-state index in [1.807, 2.05) is 13.8 Å². The first-order valence-corrected chi connectivity index (χ1v) is 7.34. The summed E-state index contributed by atoms with van der Waals surface area (Å²) in [5.41, 5.74) is -0.738. The second kappa shape index (κ2) is 6.31. The van der Waals surface area contributed by atoms with Gasteiger partial charge in [-0.1, -0.05) is 40.0 Å². The predicted octanol–water partition coefficient (Wildman–Crippen LogP) is 4.20. The van der Waals surface area contributed by atoms with Crippen LogP contribution in [0.1, 0.15) is 67.2 Å². The average Bonchev–Trinajstić information content (AvgIpc) is 2.25. The fourth-order valence-corrected chi connectivity index (χ4v) is 1.93. The molecular formula is C15H28O5. The zero-order valence-corrected chi connectivity index (χ0v) is 13.6. The number of carbonyl (C=O) groups is 1. The Hall–Kier alpha value is -0.810. The van der Waals surface area contributed by atoms with Gasteiger partial charge in [-0.15, -0.1) is 0 Å². The molecule has 0 spiro atoms. The molecule has 0 aromatic carbocycles. The van der Waals surface area contributed by atoms with Crippen LogP contribution in [-0.4, -0.2) is 24.2 Å². The summed E-state index contributed by atoms with van der Waals surface area (Å²) in [7, 11) is 0. The fourth-order valence-electron chi connectivity index (χ4n) is 1.93. The van der Waals surface area contributed by atoms with Gasteiger partial charge in [0.1, 0.15) is 5.60 Å². The van der Waals surface area contributed by atoms with Gasteiger partial charge in [0, 0.05) is 12.3 Å². The number of rotatable bonds is 7. The minimum atomic E-state index is -1.01. The van der Waals surface area contributed by atoms with Gasteiger partial charge >= 0.3 is 6.16 Å². The highest BCUT2D eigenvalue weighted by molar-refractivity contribution is 5.61. The molecule has 118 valence electrons. The zero-order chi connectivity index (χ0) is 15.4. The quantitative estimate of drug-likeness (QED) is 0.399. The largest absolute Gasteiger partial charge is 0.511 e. The summed E-state index contributed by atoms with van der Waals surface area (Å²) in [6, 6.07) is 0. The van der Waals surface area contributed by atoms with E-state index in [2.05, 4.69) is 25.7 Å². The molecule has 5 heteroatoms. The summed E-state index contributed by atoms with van der Waals surface area (Å²) >= 11 is 0. The summed E-state index contributed by atoms with van der Waals surface area (Å²) in [5.74, 6) is -1.01. The lowest BCUT2D eigenvalue weighted by Crippen LogP contribution is -2.50. The number of carbonyl (C=O) groups excluding carboxylic acids is 1. The van der Waals surface area contributed by atoms with Gasteiger partial charge in [0.25, 0.3) is 5.79 Å². The van der Waals surface area contributed by atoms with Gasteiger partial charge in [-0.05, 0) is 20.3 Å². The summed E-state index contributed by atoms with van der Waals surface area (Å²) < 4.78 is 10.6. The van der Waals surface area contributed by atoms with Crippen LogP contribution in [0.5, 0.6) is 0 Å². The Bertz CT molecular complexity index is 331. The maximum atomic E-state index is 11.9. The molecule has 1 saturated heterocycles. The van der Waals surface area contributed by atoms with E-state index in [1.54, 1.807) is 6.92 Å². The maximum Gasteiger partial charge on any atom is 0.511 e. The molecule has 0 bridgehead atoms. The predicted molar refractivity (Wildman–Crippen MR) is 75.0 cm³/mol. The monoisotopic (exact) mass is 288 g/mol. The molecule has 1 aliphatic rings. The Balaban J connectivity index is 2.51. The van der Waals surface area contributed by atoms with Crippen LogP contribution in [0.2, 0.25) is 0 Å². The topological polar surface area (TPSA) is 54.0 Å². The molecule has 1 rings (SSSR count). The first-order valence-electron chi connectivity index (χ1n) is 7.34. The summed E-state index contributed by atoms with van der Waals surface area (Å²) in [6.45, 7) is 12.1. The molecule has 1 unspecified atom stereocenters. The van der Waals surface area contributed by atoms with Crippen molar-refractivity contribution in [3.05, 3.63) is 0 Å². The number of ether oxygens (including phenoxy) is 2. The molecule has 0 saturated carbocycles. The zero-order valence-electron chi connectivity index (χ0n) is 13.6. The van der Waals surface area contributed by atoms with Crippen LogP contribution in [0, 0.1) is 5.41 Å². The molecule has 20 heavy (non-hydrogen) atoms. The minimum Gasteiger partial charge on any atom is -0.428 e. The van der Waals surface area contributed by atoms with Gasteiger partial charge in [0.05, 0.1) is 0 Å². The van der Waals surface area contributed by atoms with Gasteiger partial charge in [-0.3, -0.25) is 0 Å². The molecule has 5 nitrogen and oxygen atoms in total. The molecule has 1 fully saturated rings. The normalized spacial score (nSPS) is 23.1. The maximum absolute atomic E-state index is 11.9. The van der Waals surface area contributed by atoms with Gasteiger partial charge in [0.2, 0.25) is 0 Å². The molecule has 0 radical (unpaired) electrons. The first kappa shape index (κ1) is 17.2. The van der Waals surface area contributed by atoms with E-state index in [9.17, 15) is 4.79 Å². The number of hydrogen-bond donors (Lipinski definition) is 0. The average molecular weight is 288 g/mol. The van der Waals surface area contributed by atoms with Crippen molar-refractivity contribution < 1.29 is 24.0 Å². The van der Waals surface area contributed by atoms with E-state index in [-0.39, 0.29) is 12.0 Å². The smallest absolute Gasteiger partial charge is 0.428 e. The lowest BCUT2D eigenvalue weighted by molar-refractivity contribution is -0.522. The second-order valence-corrected chi connectivity index (χ2v) is 6.78. The van der Waals surface area contributed by atoms with Crippen LogP contribution in [0.4, 0.5) is 4.79 Å². The summed E-state index contributed by atoms with van der Waals surface area (Å²) in [4.78, 5) is 21.2. The molecule has 0 N–H and O–H groups in total. The van der Waals surface area contributed by atoms with Crippen molar-refractivity contribution in [2.75, 3.05) is 6.61 Å². The van der Waals surface area contributed by atoms with Crippen LogP contribution in [-0.2, 0) is 19.2 Å². The summed E-state index contributed by atoms with van der Waals surface area (Å²) in [6.07, 6.45) is 3.77. The van der Waals surface area contributed by atoms with Gasteiger partial charge < -0.3 is 9.47 Å². The summed E-state index contributed by atoms with van der Waals surface area (Å²) in [5, 5.41) is 0. The van der Waals surface area contributed by atoms with E-state index in [1.165, 1.54) is 12.8 Å². The van der Waals surface area contributed by atoms with Crippen LogP contribution < -0.4 is 0 Å². The van der Waals surface area contributed by atoms with Crippen molar-refractivity contribution in [3.63, 3.8) is 0 Å². The van der Waals surface area contributed by atoms with E-state index >= 15 is 0 Å². The molecule has 0 aromatic rings. The van der Waals surface area contributed by atoms with Crippen molar-refractivity contribution in [1.29, 1.82) is 0 Å². The molecule has 1 aliphatic heterocycles. The van der Waals surface area contributed by atoms with Crippen LogP contribution >= 0.6 is 0 Å². The Morgan fingerprint density at radius 3 is 2.30 bits per heavy atom. The van der Waals surface area contributed by atoms with Gasteiger partial charge in [-0.25, -0.2) is 9.68 Å². The van der Waals surface area contributed by atoms with Crippen molar-refractivity contribution >= 4 is 6.16 Å². The highest BCUT2D eigenvalue weighted by atomic mass is 17.3. The number of unbranched alkanes of at least 4 members (excludes halogenated alkanes) is 2. The third-order valence-corrected chi connectivity index (χ3v) is 4.23. The molecule has 0 aromatic heterocycles. The third kappa shape index (κ3) is 4.35. The fraction of sp³-hybridized carbons (Fsp3) is 0.933. The van der Waals surface area contributed by atoms with E-state index in [0.717, 1.165) is 12.8 Å². The van der Waals surface area contributed by atoms with Gasteiger partial charge in [-0.2, -0.15) is 4.89 Å². The van der Waals surface area contributed by atoms with Crippen LogP contribution in [0.3, 0.4) is 0 Å². The minimum absolute atomic E-state index is 0.126. The first-order chi connectivity index (χ1) is 9.12. The van der Waals surface area contributed by atoms with E-state index in [4.69, 9.17) is 14.4 Å². The van der Waals surface area contributed by atoms with E-state index in [0.29, 0.717) is 0 Å². The molecular weight excluding hydrogens is 260 g/mol. The number of hydrogen-bond acceptors (Lipinski definition) is 5. The lowest BCUT2D eigenvalue weighted by Gasteiger charge is -2.42. The Kier molecular flexibility index (Phi) is 5.44. The van der Waals surface area contributed by atoms with Gasteiger partial charge in [0.15, 0.2) is 6.61 Å². The standard InChI is InChI=1S/C15H28O5/c1-7-8-9-10-13(2,3)14(4,5)18-12(16)19-15(6)11-17-20-15/h7-11H2,1-6H3. The van der Waals surface area contributed by atoms with Crippen LogP contribution in [0.15, 0.2) is 0 Å². The van der Waals surface area contributed by atoms with Crippen molar-refractivity contribution in [1.82, 2.24) is 0 Å². The SMILES string of the molecule is CCCCCC(C)(C)C(C)(C)OC(=O)OC1(C)COO1. The highest BCUT2D eigenvalue weighted by Gasteiger charge is 2.45. The Labute approximate surface area is 121 Å².